The summed E-state index contributed by atoms with van der Waals surface area (Å²) in [5, 5.41) is 3.57. The van der Waals surface area contributed by atoms with Gasteiger partial charge in [0.15, 0.2) is 11.5 Å². The second-order valence-corrected chi connectivity index (χ2v) is 6.01. The SMILES string of the molecule is c1cn2c(n1)CC[C@H](CNCc1ccc3c(c1)OCCO3)C2. The molecule has 0 saturated heterocycles. The molecule has 3 heterocycles. The molecule has 116 valence electrons. The van der Waals surface area contributed by atoms with Gasteiger partial charge >= 0.3 is 0 Å². The third-order valence-corrected chi connectivity index (χ3v) is 4.40. The van der Waals surface area contributed by atoms with E-state index in [-0.39, 0.29) is 0 Å². The van der Waals surface area contributed by atoms with Crippen molar-refractivity contribution >= 4 is 0 Å². The highest BCUT2D eigenvalue weighted by Gasteiger charge is 2.18. The summed E-state index contributed by atoms with van der Waals surface area (Å²) < 4.78 is 13.5. The molecule has 0 unspecified atom stereocenters. The van der Waals surface area contributed by atoms with Crippen molar-refractivity contribution in [2.45, 2.75) is 25.9 Å². The number of aryl methyl sites for hydroxylation is 1. The van der Waals surface area contributed by atoms with Gasteiger partial charge in [0.05, 0.1) is 0 Å². The van der Waals surface area contributed by atoms with Crippen molar-refractivity contribution in [3.8, 4) is 11.5 Å². The Balaban J connectivity index is 1.30. The van der Waals surface area contributed by atoms with E-state index in [1.165, 1.54) is 17.8 Å². The summed E-state index contributed by atoms with van der Waals surface area (Å²) in [5.41, 5.74) is 1.24. The first kappa shape index (κ1) is 13.6. The van der Waals surface area contributed by atoms with Crippen molar-refractivity contribution in [3.05, 3.63) is 42.0 Å². The topological polar surface area (TPSA) is 48.3 Å². The van der Waals surface area contributed by atoms with Crippen LogP contribution in [0.1, 0.15) is 17.8 Å². The van der Waals surface area contributed by atoms with Gasteiger partial charge in [0.25, 0.3) is 0 Å². The minimum Gasteiger partial charge on any atom is -0.486 e. The van der Waals surface area contributed by atoms with Crippen LogP contribution in [-0.4, -0.2) is 29.3 Å². The van der Waals surface area contributed by atoms with Crippen molar-refractivity contribution in [3.63, 3.8) is 0 Å². The zero-order valence-corrected chi connectivity index (χ0v) is 12.6. The van der Waals surface area contributed by atoms with Gasteiger partial charge in [0.1, 0.15) is 19.0 Å². The first-order chi connectivity index (χ1) is 10.9. The molecule has 2 aliphatic rings. The minimum absolute atomic E-state index is 0.638. The third kappa shape index (κ3) is 2.81. The Morgan fingerprint density at radius 2 is 2.14 bits per heavy atom. The van der Waals surface area contributed by atoms with Crippen LogP contribution in [0.4, 0.5) is 0 Å². The van der Waals surface area contributed by atoms with Crippen molar-refractivity contribution in [1.82, 2.24) is 14.9 Å². The highest BCUT2D eigenvalue weighted by atomic mass is 16.6. The minimum atomic E-state index is 0.638. The molecule has 0 bridgehead atoms. The average Bonchev–Trinajstić information content (AvgIpc) is 3.02. The fraction of sp³-hybridized carbons (Fsp3) is 0.471. The van der Waals surface area contributed by atoms with Gasteiger partial charge in [-0.3, -0.25) is 0 Å². The van der Waals surface area contributed by atoms with Gasteiger partial charge in [-0.05, 0) is 36.6 Å². The van der Waals surface area contributed by atoms with E-state index in [2.05, 4.69) is 33.2 Å². The number of aromatic nitrogens is 2. The van der Waals surface area contributed by atoms with E-state index in [1.54, 1.807) is 0 Å². The van der Waals surface area contributed by atoms with Crippen molar-refractivity contribution in [2.24, 2.45) is 5.92 Å². The number of nitrogens with zero attached hydrogens (tertiary/aromatic N) is 2. The number of nitrogens with one attached hydrogen (secondary N) is 1. The number of hydrogen-bond donors (Lipinski definition) is 1. The lowest BCUT2D eigenvalue weighted by molar-refractivity contribution is 0.171. The maximum atomic E-state index is 5.63. The fourth-order valence-corrected chi connectivity index (χ4v) is 3.22. The Bertz CT molecular complexity index is 653. The number of hydrogen-bond acceptors (Lipinski definition) is 4. The fourth-order valence-electron chi connectivity index (χ4n) is 3.22. The van der Waals surface area contributed by atoms with E-state index in [4.69, 9.17) is 9.47 Å². The Labute approximate surface area is 130 Å². The predicted molar refractivity (Wildman–Crippen MR) is 83.2 cm³/mol. The van der Waals surface area contributed by atoms with E-state index < -0.39 is 0 Å². The monoisotopic (exact) mass is 299 g/mol. The molecule has 0 spiro atoms. The lowest BCUT2D eigenvalue weighted by Gasteiger charge is -2.24. The summed E-state index contributed by atoms with van der Waals surface area (Å²) in [5.74, 6) is 3.63. The van der Waals surface area contributed by atoms with Crippen LogP contribution in [-0.2, 0) is 19.5 Å². The number of fused-ring (bicyclic) bond motifs is 2. The van der Waals surface area contributed by atoms with E-state index in [1.807, 2.05) is 12.3 Å². The Kier molecular flexibility index (Phi) is 3.72. The van der Waals surface area contributed by atoms with Crippen LogP contribution >= 0.6 is 0 Å². The first-order valence-corrected chi connectivity index (χ1v) is 7.98. The molecule has 0 aliphatic carbocycles. The summed E-state index contributed by atoms with van der Waals surface area (Å²) in [7, 11) is 0. The number of ether oxygens (including phenoxy) is 2. The standard InChI is InChI=1S/C17H21N3O2/c1-3-15-16(22-8-7-21-15)9-13(1)10-18-11-14-2-4-17-19-5-6-20(17)12-14/h1,3,5-6,9,14,18H,2,4,7-8,10-12H2/t14-/m1/s1. The van der Waals surface area contributed by atoms with E-state index in [0.29, 0.717) is 19.1 Å². The predicted octanol–water partition coefficient (Wildman–Crippen LogP) is 2.01. The molecule has 1 aromatic heterocycles. The van der Waals surface area contributed by atoms with Crippen LogP contribution < -0.4 is 14.8 Å². The maximum absolute atomic E-state index is 5.63. The molecule has 2 aromatic rings. The molecule has 0 fully saturated rings. The summed E-state index contributed by atoms with van der Waals surface area (Å²) in [4.78, 5) is 4.38. The largest absolute Gasteiger partial charge is 0.486 e. The summed E-state index contributed by atoms with van der Waals surface area (Å²) in [6.45, 7) is 4.25. The molecule has 5 heteroatoms. The lowest BCUT2D eigenvalue weighted by atomic mass is 9.99. The Morgan fingerprint density at radius 1 is 1.23 bits per heavy atom. The molecule has 1 atom stereocenters. The van der Waals surface area contributed by atoms with Crippen molar-refractivity contribution in [2.75, 3.05) is 19.8 Å². The summed E-state index contributed by atoms with van der Waals surface area (Å²) >= 11 is 0. The average molecular weight is 299 g/mol. The molecule has 2 aliphatic heterocycles. The molecule has 0 amide bonds. The highest BCUT2D eigenvalue weighted by Crippen LogP contribution is 2.30. The quantitative estimate of drug-likeness (QED) is 0.938. The number of benzene rings is 1. The molecular formula is C17H21N3O2. The molecule has 1 aromatic carbocycles. The Hall–Kier alpha value is -2.01. The van der Waals surface area contributed by atoms with Crippen molar-refractivity contribution < 1.29 is 9.47 Å². The zero-order chi connectivity index (χ0) is 14.8. The van der Waals surface area contributed by atoms with E-state index in [9.17, 15) is 0 Å². The smallest absolute Gasteiger partial charge is 0.161 e. The van der Waals surface area contributed by atoms with Crippen LogP contribution in [0.15, 0.2) is 30.6 Å². The zero-order valence-electron chi connectivity index (χ0n) is 12.6. The molecule has 5 nitrogen and oxygen atoms in total. The third-order valence-electron chi connectivity index (χ3n) is 4.40. The lowest BCUT2D eigenvalue weighted by Crippen LogP contribution is -2.29. The summed E-state index contributed by atoms with van der Waals surface area (Å²) in [6.07, 6.45) is 6.29. The molecule has 0 saturated carbocycles. The number of imidazole rings is 1. The van der Waals surface area contributed by atoms with Crippen LogP contribution in [0.5, 0.6) is 11.5 Å². The summed E-state index contributed by atoms with van der Waals surface area (Å²) in [6, 6.07) is 6.19. The number of rotatable bonds is 4. The van der Waals surface area contributed by atoms with Gasteiger partial charge in [-0.1, -0.05) is 6.07 Å². The van der Waals surface area contributed by atoms with E-state index >= 15 is 0 Å². The maximum Gasteiger partial charge on any atom is 0.161 e. The van der Waals surface area contributed by atoms with Gasteiger partial charge in [-0.25, -0.2) is 4.98 Å². The molecule has 0 radical (unpaired) electrons. The highest BCUT2D eigenvalue weighted by molar-refractivity contribution is 5.43. The normalized spacial score (nSPS) is 19.7. The Morgan fingerprint density at radius 3 is 3.09 bits per heavy atom. The van der Waals surface area contributed by atoms with Crippen LogP contribution in [0.25, 0.3) is 0 Å². The second kappa shape index (κ2) is 6.01. The second-order valence-electron chi connectivity index (χ2n) is 6.01. The van der Waals surface area contributed by atoms with E-state index in [0.717, 1.165) is 37.6 Å². The van der Waals surface area contributed by atoms with Gasteiger partial charge in [-0.2, -0.15) is 0 Å². The molecule has 22 heavy (non-hydrogen) atoms. The van der Waals surface area contributed by atoms with Crippen molar-refractivity contribution in [1.29, 1.82) is 0 Å². The van der Waals surface area contributed by atoms with Gasteiger partial charge in [-0.15, -0.1) is 0 Å². The molecular weight excluding hydrogens is 278 g/mol. The van der Waals surface area contributed by atoms with Gasteiger partial charge in [0.2, 0.25) is 0 Å². The molecule has 4 rings (SSSR count). The molecule has 1 N–H and O–H groups in total. The van der Waals surface area contributed by atoms with Gasteiger partial charge in [0, 0.05) is 31.9 Å². The van der Waals surface area contributed by atoms with Gasteiger partial charge < -0.3 is 19.4 Å². The van der Waals surface area contributed by atoms with Crippen LogP contribution in [0, 0.1) is 5.92 Å². The van der Waals surface area contributed by atoms with Crippen LogP contribution in [0.3, 0.4) is 0 Å². The first-order valence-electron chi connectivity index (χ1n) is 7.98. The van der Waals surface area contributed by atoms with Crippen LogP contribution in [0.2, 0.25) is 0 Å².